The molecule has 138 valence electrons. The minimum absolute atomic E-state index is 0.211. The van der Waals surface area contributed by atoms with E-state index in [1.165, 1.54) is 0 Å². The van der Waals surface area contributed by atoms with Gasteiger partial charge in [0.1, 0.15) is 24.2 Å². The van der Waals surface area contributed by atoms with Crippen LogP contribution in [0.3, 0.4) is 0 Å². The number of hydrogen-bond acceptors (Lipinski definition) is 5. The van der Waals surface area contributed by atoms with E-state index in [4.69, 9.17) is 26.3 Å². The van der Waals surface area contributed by atoms with E-state index in [1.54, 1.807) is 42.5 Å². The highest BCUT2D eigenvalue weighted by Gasteiger charge is 2.26. The zero-order valence-electron chi connectivity index (χ0n) is 14.2. The number of fused-ring (bicyclic) bond motifs is 1. The van der Waals surface area contributed by atoms with E-state index in [0.717, 1.165) is 5.56 Å². The summed E-state index contributed by atoms with van der Waals surface area (Å²) in [6.07, 6.45) is 0.462. The predicted molar refractivity (Wildman–Crippen MR) is 97.1 cm³/mol. The lowest BCUT2D eigenvalue weighted by Gasteiger charge is -2.24. The van der Waals surface area contributed by atoms with Gasteiger partial charge in [-0.2, -0.15) is 5.26 Å². The summed E-state index contributed by atoms with van der Waals surface area (Å²) in [6, 6.07) is 13.8. The third-order valence-corrected chi connectivity index (χ3v) is 4.23. The maximum absolute atomic E-state index is 12.2. The first-order valence-corrected chi connectivity index (χ1v) is 8.56. The maximum atomic E-state index is 12.2. The largest absolute Gasteiger partial charge is 0.492 e. The average Bonchev–Trinajstić information content (AvgIpc) is 2.70. The van der Waals surface area contributed by atoms with Crippen molar-refractivity contribution in [1.82, 2.24) is 10.9 Å². The molecule has 0 fully saturated rings. The Morgan fingerprint density at radius 1 is 1.26 bits per heavy atom. The van der Waals surface area contributed by atoms with Crippen LogP contribution in [0.15, 0.2) is 42.5 Å². The van der Waals surface area contributed by atoms with Crippen molar-refractivity contribution in [2.45, 2.75) is 6.42 Å². The zero-order valence-corrected chi connectivity index (χ0v) is 15.0. The summed E-state index contributed by atoms with van der Waals surface area (Å²) in [7, 11) is 0. The molecule has 1 aliphatic rings. The number of ether oxygens (including phenoxy) is 2. The van der Waals surface area contributed by atoms with Crippen molar-refractivity contribution in [2.24, 2.45) is 5.92 Å². The van der Waals surface area contributed by atoms with E-state index in [0.29, 0.717) is 28.5 Å². The van der Waals surface area contributed by atoms with Gasteiger partial charge in [-0.15, -0.1) is 0 Å². The van der Waals surface area contributed by atoms with Crippen molar-refractivity contribution in [3.05, 3.63) is 58.6 Å². The Balaban J connectivity index is 1.48. The molecule has 8 heteroatoms. The summed E-state index contributed by atoms with van der Waals surface area (Å²) in [5.74, 6) is -0.355. The Hall–Kier alpha value is -3.24. The Morgan fingerprint density at radius 2 is 2.07 bits per heavy atom. The van der Waals surface area contributed by atoms with Crippen molar-refractivity contribution in [3.63, 3.8) is 0 Å². The molecule has 0 aliphatic carbocycles. The summed E-state index contributed by atoms with van der Waals surface area (Å²) < 4.78 is 10.9. The number of para-hydroxylation sites is 1. The smallest absolute Gasteiger partial charge is 0.276 e. The molecule has 0 saturated heterocycles. The van der Waals surface area contributed by atoms with Crippen LogP contribution < -0.4 is 20.3 Å². The van der Waals surface area contributed by atoms with Gasteiger partial charge in [-0.25, -0.2) is 0 Å². The molecule has 7 nitrogen and oxygen atoms in total. The fourth-order valence-electron chi connectivity index (χ4n) is 2.63. The van der Waals surface area contributed by atoms with Crippen LogP contribution >= 0.6 is 11.6 Å². The number of hydrazine groups is 1. The molecule has 2 amide bonds. The van der Waals surface area contributed by atoms with Crippen molar-refractivity contribution in [1.29, 1.82) is 5.26 Å². The molecule has 1 atom stereocenters. The molecular weight excluding hydrogens is 370 g/mol. The van der Waals surface area contributed by atoms with Gasteiger partial charge in [0.15, 0.2) is 6.61 Å². The Labute approximate surface area is 160 Å². The number of carbonyl (C=O) groups excluding carboxylic acids is 2. The quantitative estimate of drug-likeness (QED) is 0.784. The molecule has 2 aromatic carbocycles. The molecule has 0 saturated carbocycles. The molecule has 0 unspecified atom stereocenters. The molecular formula is C19H16ClN3O4. The lowest BCUT2D eigenvalue weighted by molar-refractivity contribution is -0.132. The molecule has 0 bridgehead atoms. The highest BCUT2D eigenvalue weighted by atomic mass is 35.5. The standard InChI is InChI=1S/C19H16ClN3O4/c20-15-5-6-17-13(8-15)7-14(10-26-17)19(25)23-22-18(24)11-27-16-4-2-1-3-12(16)9-21/h1-6,8,14H,7,10-11H2,(H,22,24)(H,23,25)/t14-/m1/s1. The average molecular weight is 386 g/mol. The van der Waals surface area contributed by atoms with Gasteiger partial charge in [0.05, 0.1) is 11.5 Å². The molecule has 0 radical (unpaired) electrons. The SMILES string of the molecule is N#Cc1ccccc1OCC(=O)NNC(=O)[C@H]1COc2ccc(Cl)cc2C1. The van der Waals surface area contributed by atoms with Crippen molar-refractivity contribution < 1.29 is 19.1 Å². The molecule has 1 heterocycles. The van der Waals surface area contributed by atoms with Crippen molar-refractivity contribution in [3.8, 4) is 17.6 Å². The second kappa shape index (κ2) is 8.43. The second-order valence-corrected chi connectivity index (χ2v) is 6.33. The Kier molecular flexibility index (Phi) is 5.79. The Bertz CT molecular complexity index is 910. The van der Waals surface area contributed by atoms with Crippen LogP contribution in [0.2, 0.25) is 5.02 Å². The first-order valence-electron chi connectivity index (χ1n) is 8.18. The summed E-state index contributed by atoms with van der Waals surface area (Å²) in [5, 5.41) is 9.55. The number of benzene rings is 2. The van der Waals surface area contributed by atoms with Gasteiger partial charge < -0.3 is 9.47 Å². The number of nitrogens with zero attached hydrogens (tertiary/aromatic N) is 1. The van der Waals surface area contributed by atoms with Gasteiger partial charge in [0, 0.05) is 5.02 Å². The fourth-order valence-corrected chi connectivity index (χ4v) is 2.82. The first-order chi connectivity index (χ1) is 13.1. The van der Waals surface area contributed by atoms with Crippen LogP contribution in [0.5, 0.6) is 11.5 Å². The van der Waals surface area contributed by atoms with E-state index in [2.05, 4.69) is 10.9 Å². The number of carbonyl (C=O) groups is 2. The van der Waals surface area contributed by atoms with Crippen LogP contribution in [0.4, 0.5) is 0 Å². The maximum Gasteiger partial charge on any atom is 0.276 e. The van der Waals surface area contributed by atoms with E-state index in [1.807, 2.05) is 6.07 Å². The van der Waals surface area contributed by atoms with Crippen LogP contribution in [0, 0.1) is 17.2 Å². The summed E-state index contributed by atoms with van der Waals surface area (Å²) in [6.45, 7) is -0.124. The zero-order chi connectivity index (χ0) is 19.2. The molecule has 2 N–H and O–H groups in total. The van der Waals surface area contributed by atoms with Crippen LogP contribution in [-0.4, -0.2) is 25.0 Å². The van der Waals surface area contributed by atoms with Crippen LogP contribution in [-0.2, 0) is 16.0 Å². The van der Waals surface area contributed by atoms with Crippen LogP contribution in [0.1, 0.15) is 11.1 Å². The molecule has 3 rings (SSSR count). The third-order valence-electron chi connectivity index (χ3n) is 3.99. The minimum Gasteiger partial charge on any atom is -0.492 e. The monoisotopic (exact) mass is 385 g/mol. The number of amides is 2. The van der Waals surface area contributed by atoms with Gasteiger partial charge >= 0.3 is 0 Å². The number of hydrogen-bond donors (Lipinski definition) is 2. The van der Waals surface area contributed by atoms with Gasteiger partial charge in [0.2, 0.25) is 5.91 Å². The molecule has 0 spiro atoms. The first kappa shape index (κ1) is 18.5. The van der Waals surface area contributed by atoms with Gasteiger partial charge in [-0.1, -0.05) is 23.7 Å². The third kappa shape index (κ3) is 4.68. The molecule has 1 aliphatic heterocycles. The lowest BCUT2D eigenvalue weighted by Crippen LogP contribution is -2.48. The normalized spacial score (nSPS) is 14.9. The summed E-state index contributed by atoms with van der Waals surface area (Å²) in [5.41, 5.74) is 5.83. The van der Waals surface area contributed by atoms with Gasteiger partial charge in [0.25, 0.3) is 5.91 Å². The van der Waals surface area contributed by atoms with E-state index in [9.17, 15) is 9.59 Å². The second-order valence-electron chi connectivity index (χ2n) is 5.90. The van der Waals surface area contributed by atoms with E-state index < -0.39 is 11.8 Å². The molecule has 2 aromatic rings. The predicted octanol–water partition coefficient (Wildman–Crippen LogP) is 1.99. The molecule has 27 heavy (non-hydrogen) atoms. The van der Waals surface area contributed by atoms with E-state index >= 15 is 0 Å². The highest BCUT2D eigenvalue weighted by molar-refractivity contribution is 6.30. The fraction of sp³-hybridized carbons (Fsp3) is 0.211. The summed E-state index contributed by atoms with van der Waals surface area (Å²) >= 11 is 5.97. The van der Waals surface area contributed by atoms with Gasteiger partial charge in [-0.3, -0.25) is 20.4 Å². The lowest BCUT2D eigenvalue weighted by atomic mass is 9.96. The number of nitrogens with one attached hydrogen (secondary N) is 2. The number of halogens is 1. The number of rotatable bonds is 4. The van der Waals surface area contributed by atoms with Gasteiger partial charge in [-0.05, 0) is 42.3 Å². The van der Waals surface area contributed by atoms with Crippen molar-refractivity contribution >= 4 is 23.4 Å². The topological polar surface area (TPSA) is 100 Å². The van der Waals surface area contributed by atoms with Crippen LogP contribution in [0.25, 0.3) is 0 Å². The van der Waals surface area contributed by atoms with Crippen molar-refractivity contribution in [2.75, 3.05) is 13.2 Å². The Morgan fingerprint density at radius 3 is 2.89 bits per heavy atom. The minimum atomic E-state index is -0.545. The summed E-state index contributed by atoms with van der Waals surface area (Å²) in [4.78, 5) is 24.1. The highest BCUT2D eigenvalue weighted by Crippen LogP contribution is 2.29. The molecule has 0 aromatic heterocycles. The van der Waals surface area contributed by atoms with E-state index in [-0.39, 0.29) is 19.1 Å². The number of nitriles is 1.